The first-order valence-electron chi connectivity index (χ1n) is 6.02. The van der Waals surface area contributed by atoms with Gasteiger partial charge >= 0.3 is 0 Å². The average Bonchev–Trinajstić information content (AvgIpc) is 2.78. The molecule has 0 atom stereocenters. The molecular weight excluding hydrogens is 243 g/mol. The summed E-state index contributed by atoms with van der Waals surface area (Å²) in [6, 6.07) is 10.3. The lowest BCUT2D eigenvalue weighted by molar-refractivity contribution is 0.629. The number of H-pyrrole nitrogens is 1. The number of halogens is 1. The number of hydrogen-bond acceptors (Lipinski definition) is 3. The van der Waals surface area contributed by atoms with E-state index in [1.807, 2.05) is 25.1 Å². The fraction of sp³-hybridized carbons (Fsp3) is 0.143. The molecule has 3 rings (SSSR count). The largest absolute Gasteiger partial charge is 0.350 e. The zero-order valence-corrected chi connectivity index (χ0v) is 10.4. The summed E-state index contributed by atoms with van der Waals surface area (Å²) in [5.74, 6) is 0.340. The Hall–Kier alpha value is -2.43. The Morgan fingerprint density at radius 1 is 1.21 bits per heavy atom. The summed E-state index contributed by atoms with van der Waals surface area (Å²) in [4.78, 5) is 11.8. The third-order valence-corrected chi connectivity index (χ3v) is 2.83. The van der Waals surface area contributed by atoms with Crippen LogP contribution in [-0.2, 0) is 6.54 Å². The van der Waals surface area contributed by atoms with Crippen LogP contribution in [-0.4, -0.2) is 15.0 Å². The van der Waals surface area contributed by atoms with Gasteiger partial charge < -0.3 is 10.3 Å². The van der Waals surface area contributed by atoms with E-state index in [-0.39, 0.29) is 5.82 Å². The smallest absolute Gasteiger partial charge is 0.201 e. The molecule has 96 valence electrons. The summed E-state index contributed by atoms with van der Waals surface area (Å²) in [5, 5.41) is 3.15. The molecule has 0 unspecified atom stereocenters. The van der Waals surface area contributed by atoms with Crippen molar-refractivity contribution < 1.29 is 4.39 Å². The summed E-state index contributed by atoms with van der Waals surface area (Å²) in [7, 11) is 0. The average molecular weight is 256 g/mol. The van der Waals surface area contributed by atoms with Crippen molar-refractivity contribution >= 4 is 17.0 Å². The molecule has 0 aliphatic rings. The predicted molar refractivity (Wildman–Crippen MR) is 72.4 cm³/mol. The summed E-state index contributed by atoms with van der Waals surface area (Å²) < 4.78 is 13.1. The maximum atomic E-state index is 13.1. The van der Waals surface area contributed by atoms with E-state index >= 15 is 0 Å². The summed E-state index contributed by atoms with van der Waals surface area (Å²) >= 11 is 0. The molecule has 2 N–H and O–H groups in total. The van der Waals surface area contributed by atoms with E-state index in [4.69, 9.17) is 0 Å². The fourth-order valence-corrected chi connectivity index (χ4v) is 1.94. The minimum absolute atomic E-state index is 0.275. The van der Waals surface area contributed by atoms with Gasteiger partial charge in [0.2, 0.25) is 5.95 Å². The van der Waals surface area contributed by atoms with Crippen LogP contribution in [0.4, 0.5) is 10.3 Å². The second kappa shape index (κ2) is 4.68. The molecule has 0 spiro atoms. The van der Waals surface area contributed by atoms with E-state index in [9.17, 15) is 4.39 Å². The Labute approximate surface area is 109 Å². The Morgan fingerprint density at radius 3 is 2.95 bits per heavy atom. The first kappa shape index (κ1) is 11.6. The minimum Gasteiger partial charge on any atom is -0.350 e. The highest BCUT2D eigenvalue weighted by molar-refractivity contribution is 5.77. The van der Waals surface area contributed by atoms with Crippen molar-refractivity contribution in [2.75, 3.05) is 5.32 Å². The number of pyridine rings is 1. The van der Waals surface area contributed by atoms with Crippen molar-refractivity contribution in [3.8, 4) is 0 Å². The van der Waals surface area contributed by atoms with Gasteiger partial charge in [0.1, 0.15) is 5.82 Å². The second-order valence-corrected chi connectivity index (χ2v) is 4.37. The molecule has 4 nitrogen and oxygen atoms in total. The molecule has 19 heavy (non-hydrogen) atoms. The molecule has 1 aromatic carbocycles. The molecule has 0 bridgehead atoms. The van der Waals surface area contributed by atoms with Crippen molar-refractivity contribution in [2.45, 2.75) is 13.5 Å². The highest BCUT2D eigenvalue weighted by atomic mass is 19.1. The van der Waals surface area contributed by atoms with Gasteiger partial charge in [-0.25, -0.2) is 9.37 Å². The predicted octanol–water partition coefficient (Wildman–Crippen LogP) is 3.02. The number of benzene rings is 1. The Bertz CT molecular complexity index is 720. The molecule has 2 aromatic heterocycles. The van der Waals surface area contributed by atoms with Crippen LogP contribution in [0.5, 0.6) is 0 Å². The molecule has 0 fully saturated rings. The lowest BCUT2D eigenvalue weighted by Crippen LogP contribution is -2.03. The van der Waals surface area contributed by atoms with Gasteiger partial charge in [0.25, 0.3) is 0 Å². The number of aromatic amines is 1. The van der Waals surface area contributed by atoms with E-state index in [1.54, 1.807) is 6.07 Å². The van der Waals surface area contributed by atoms with Gasteiger partial charge in [-0.2, -0.15) is 0 Å². The van der Waals surface area contributed by atoms with Crippen LogP contribution >= 0.6 is 0 Å². The number of fused-ring (bicyclic) bond motifs is 1. The number of hydrogen-bond donors (Lipinski definition) is 2. The van der Waals surface area contributed by atoms with Gasteiger partial charge in [0.05, 0.1) is 23.3 Å². The highest BCUT2D eigenvalue weighted by Gasteiger charge is 2.03. The molecule has 0 radical (unpaired) electrons. The number of nitrogens with one attached hydrogen (secondary N) is 2. The monoisotopic (exact) mass is 256 g/mol. The topological polar surface area (TPSA) is 53.6 Å². The van der Waals surface area contributed by atoms with E-state index in [0.717, 1.165) is 16.9 Å². The second-order valence-electron chi connectivity index (χ2n) is 4.37. The van der Waals surface area contributed by atoms with Gasteiger partial charge in [-0.3, -0.25) is 4.98 Å². The van der Waals surface area contributed by atoms with Gasteiger partial charge in [0, 0.05) is 5.69 Å². The SMILES string of the molecule is Cc1cccc(CNc2nc3ccc(F)cc3[nH]2)n1. The summed E-state index contributed by atoms with van der Waals surface area (Å²) in [6.45, 7) is 2.53. The summed E-state index contributed by atoms with van der Waals surface area (Å²) in [5.41, 5.74) is 3.33. The Morgan fingerprint density at radius 2 is 2.11 bits per heavy atom. The maximum absolute atomic E-state index is 13.1. The number of aromatic nitrogens is 3. The van der Waals surface area contributed by atoms with Crippen LogP contribution in [0.15, 0.2) is 36.4 Å². The normalized spacial score (nSPS) is 10.8. The van der Waals surface area contributed by atoms with Crippen LogP contribution in [0.3, 0.4) is 0 Å². The van der Waals surface area contributed by atoms with Crippen molar-refractivity contribution in [3.05, 3.63) is 53.6 Å². The van der Waals surface area contributed by atoms with Gasteiger partial charge in [-0.15, -0.1) is 0 Å². The quantitative estimate of drug-likeness (QED) is 0.757. The zero-order chi connectivity index (χ0) is 13.2. The van der Waals surface area contributed by atoms with E-state index < -0.39 is 0 Å². The standard InChI is InChI=1S/C14H13FN4/c1-9-3-2-4-11(17-9)8-16-14-18-12-6-5-10(15)7-13(12)19-14/h2-7H,8H2,1H3,(H2,16,18,19). The van der Waals surface area contributed by atoms with Crippen molar-refractivity contribution in [3.63, 3.8) is 0 Å². The molecule has 0 amide bonds. The number of aryl methyl sites for hydroxylation is 1. The number of imidazole rings is 1. The number of nitrogens with zero attached hydrogens (tertiary/aromatic N) is 2. The van der Waals surface area contributed by atoms with Crippen LogP contribution in [0.1, 0.15) is 11.4 Å². The fourth-order valence-electron chi connectivity index (χ4n) is 1.94. The molecule has 0 saturated heterocycles. The molecular formula is C14H13FN4. The van der Waals surface area contributed by atoms with Gasteiger partial charge in [-0.1, -0.05) is 6.07 Å². The number of anilines is 1. The van der Waals surface area contributed by atoms with Crippen LogP contribution in [0.25, 0.3) is 11.0 Å². The van der Waals surface area contributed by atoms with Crippen LogP contribution in [0.2, 0.25) is 0 Å². The third kappa shape index (κ3) is 2.54. The van der Waals surface area contributed by atoms with Crippen LogP contribution < -0.4 is 5.32 Å². The molecule has 3 aromatic rings. The maximum Gasteiger partial charge on any atom is 0.201 e. The first-order chi connectivity index (χ1) is 9.20. The molecule has 2 heterocycles. The Kier molecular flexibility index (Phi) is 2.87. The molecule has 5 heteroatoms. The van der Waals surface area contributed by atoms with Crippen molar-refractivity contribution in [1.82, 2.24) is 15.0 Å². The lowest BCUT2D eigenvalue weighted by atomic mass is 10.3. The highest BCUT2D eigenvalue weighted by Crippen LogP contribution is 2.15. The van der Waals surface area contributed by atoms with Crippen molar-refractivity contribution in [1.29, 1.82) is 0 Å². The van der Waals surface area contributed by atoms with E-state index in [1.165, 1.54) is 12.1 Å². The lowest BCUT2D eigenvalue weighted by Gasteiger charge is -2.02. The zero-order valence-electron chi connectivity index (χ0n) is 10.4. The third-order valence-electron chi connectivity index (χ3n) is 2.83. The van der Waals surface area contributed by atoms with Crippen LogP contribution in [0, 0.1) is 12.7 Å². The molecule has 0 aliphatic carbocycles. The first-order valence-corrected chi connectivity index (χ1v) is 6.02. The summed E-state index contributed by atoms with van der Waals surface area (Å²) in [6.07, 6.45) is 0. The number of rotatable bonds is 3. The minimum atomic E-state index is -0.275. The van der Waals surface area contributed by atoms with E-state index in [0.29, 0.717) is 18.0 Å². The van der Waals surface area contributed by atoms with E-state index in [2.05, 4.69) is 20.3 Å². The van der Waals surface area contributed by atoms with Gasteiger partial charge in [-0.05, 0) is 37.3 Å². The van der Waals surface area contributed by atoms with Crippen molar-refractivity contribution in [2.24, 2.45) is 0 Å². The van der Waals surface area contributed by atoms with Gasteiger partial charge in [0.15, 0.2) is 0 Å². The molecule has 0 saturated carbocycles. The Balaban J connectivity index is 1.78. The molecule has 0 aliphatic heterocycles.